The fourth-order valence-corrected chi connectivity index (χ4v) is 3.24. The second-order valence-electron chi connectivity index (χ2n) is 7.28. The molecule has 0 saturated heterocycles. The van der Waals surface area contributed by atoms with Crippen LogP contribution in [0.3, 0.4) is 0 Å². The first kappa shape index (κ1) is 26.1. The second kappa shape index (κ2) is 12.7. The maximum atomic E-state index is 5.72. The molecule has 0 saturated carbocycles. The van der Waals surface area contributed by atoms with Crippen molar-refractivity contribution in [3.63, 3.8) is 0 Å². The number of aryl methyl sites for hydroxylation is 2. The minimum atomic E-state index is 0. The van der Waals surface area contributed by atoms with Crippen molar-refractivity contribution in [2.24, 2.45) is 12.0 Å². The lowest BCUT2D eigenvalue weighted by Crippen LogP contribution is -2.42. The Hall–Kier alpha value is -1.97. The minimum Gasteiger partial charge on any atom is -0.493 e. The van der Waals surface area contributed by atoms with Crippen LogP contribution in [0, 0.1) is 13.8 Å². The quantitative estimate of drug-likeness (QED) is 0.294. The van der Waals surface area contributed by atoms with E-state index in [2.05, 4.69) is 48.4 Å². The lowest BCUT2D eigenvalue weighted by atomic mass is 10.1. The normalized spacial score (nSPS) is 12.2. The zero-order valence-corrected chi connectivity index (χ0v) is 21.5. The molecule has 0 radical (unpaired) electrons. The van der Waals surface area contributed by atoms with Crippen molar-refractivity contribution in [3.8, 4) is 11.5 Å². The summed E-state index contributed by atoms with van der Waals surface area (Å²) < 4.78 is 13.1. The fraction of sp³-hybridized carbons (Fsp3) is 0.545. The average Bonchev–Trinajstić information content (AvgIpc) is 2.95. The Morgan fingerprint density at radius 2 is 2.00 bits per heavy atom. The smallest absolute Gasteiger partial charge is 0.191 e. The summed E-state index contributed by atoms with van der Waals surface area (Å²) in [6.45, 7) is 9.72. The van der Waals surface area contributed by atoms with Gasteiger partial charge in [-0.2, -0.15) is 5.10 Å². The van der Waals surface area contributed by atoms with E-state index < -0.39 is 0 Å². The van der Waals surface area contributed by atoms with E-state index in [-0.39, 0.29) is 30.0 Å². The van der Waals surface area contributed by atoms with E-state index in [4.69, 9.17) is 9.47 Å². The van der Waals surface area contributed by atoms with Gasteiger partial charge >= 0.3 is 0 Å². The van der Waals surface area contributed by atoms with E-state index in [1.165, 1.54) is 11.3 Å². The van der Waals surface area contributed by atoms with Crippen molar-refractivity contribution in [1.82, 2.24) is 20.4 Å². The Bertz CT molecular complexity index is 835. The zero-order chi connectivity index (χ0) is 21.4. The highest BCUT2D eigenvalue weighted by atomic mass is 127. The van der Waals surface area contributed by atoms with Crippen LogP contribution in [-0.4, -0.2) is 42.5 Å². The lowest BCUT2D eigenvalue weighted by Gasteiger charge is -2.19. The number of methoxy groups -OCH3 is 1. The number of hydrogen-bond acceptors (Lipinski definition) is 4. The van der Waals surface area contributed by atoms with Gasteiger partial charge in [-0.1, -0.05) is 13.0 Å². The largest absolute Gasteiger partial charge is 0.493 e. The van der Waals surface area contributed by atoms with Crippen LogP contribution in [0.5, 0.6) is 11.5 Å². The molecule has 30 heavy (non-hydrogen) atoms. The van der Waals surface area contributed by atoms with Crippen LogP contribution in [0.15, 0.2) is 23.2 Å². The Morgan fingerprint density at radius 3 is 2.57 bits per heavy atom. The Labute approximate surface area is 197 Å². The number of nitrogens with one attached hydrogen (secondary N) is 2. The predicted octanol–water partition coefficient (Wildman–Crippen LogP) is 3.75. The van der Waals surface area contributed by atoms with Gasteiger partial charge < -0.3 is 20.1 Å². The number of rotatable bonds is 9. The molecule has 2 rings (SSSR count). The van der Waals surface area contributed by atoms with E-state index in [9.17, 15) is 0 Å². The topological polar surface area (TPSA) is 72.7 Å². The van der Waals surface area contributed by atoms with E-state index in [0.29, 0.717) is 13.2 Å². The van der Waals surface area contributed by atoms with Gasteiger partial charge in [0.05, 0.1) is 19.4 Å². The third-order valence-electron chi connectivity index (χ3n) is 4.93. The molecule has 0 fully saturated rings. The second-order valence-corrected chi connectivity index (χ2v) is 7.28. The number of benzene rings is 1. The summed E-state index contributed by atoms with van der Waals surface area (Å²) in [5, 5.41) is 11.3. The van der Waals surface area contributed by atoms with E-state index >= 15 is 0 Å². The van der Waals surface area contributed by atoms with Crippen LogP contribution in [0.25, 0.3) is 0 Å². The standard InChI is InChI=1S/C22H35N5O2.HI/c1-8-11-29-20-10-9-18(13-21(20)28-7)14-24-22(23-5)25-15(2)12-19-16(3)26-27(6)17(19)4;/h9-10,13,15H,8,11-12,14H2,1-7H3,(H2,23,24,25);1H. The van der Waals surface area contributed by atoms with Crippen LogP contribution in [0.4, 0.5) is 0 Å². The minimum absolute atomic E-state index is 0. The third kappa shape index (κ3) is 7.07. The van der Waals surface area contributed by atoms with Crippen molar-refractivity contribution >= 4 is 29.9 Å². The highest BCUT2D eigenvalue weighted by Crippen LogP contribution is 2.28. The molecule has 2 aromatic rings. The summed E-state index contributed by atoms with van der Waals surface area (Å²) in [6, 6.07) is 6.22. The molecule has 8 heteroatoms. The summed E-state index contributed by atoms with van der Waals surface area (Å²) in [4.78, 5) is 4.35. The van der Waals surface area contributed by atoms with E-state index in [1.54, 1.807) is 14.2 Å². The van der Waals surface area contributed by atoms with Gasteiger partial charge in [-0.05, 0) is 56.9 Å². The molecule has 1 atom stereocenters. The van der Waals surface area contributed by atoms with Crippen LogP contribution in [0.2, 0.25) is 0 Å². The average molecular weight is 529 g/mol. The predicted molar refractivity (Wildman–Crippen MR) is 133 cm³/mol. The van der Waals surface area contributed by atoms with Gasteiger partial charge in [0.15, 0.2) is 17.5 Å². The number of hydrogen-bond donors (Lipinski definition) is 2. The van der Waals surface area contributed by atoms with Crippen molar-refractivity contribution in [3.05, 3.63) is 40.7 Å². The molecule has 168 valence electrons. The molecule has 1 heterocycles. The molecule has 0 aliphatic heterocycles. The van der Waals surface area contributed by atoms with Gasteiger partial charge in [-0.3, -0.25) is 9.67 Å². The number of guanidine groups is 1. The van der Waals surface area contributed by atoms with E-state index in [1.807, 2.05) is 29.9 Å². The monoisotopic (exact) mass is 529 g/mol. The Balaban J connectivity index is 0.00000450. The third-order valence-corrected chi connectivity index (χ3v) is 4.93. The van der Waals surface area contributed by atoms with Crippen molar-refractivity contribution in [2.45, 2.75) is 53.1 Å². The van der Waals surface area contributed by atoms with Crippen LogP contribution in [0.1, 0.15) is 42.8 Å². The SMILES string of the molecule is CCCOc1ccc(CNC(=NC)NC(C)Cc2c(C)nn(C)c2C)cc1OC.I. The molecule has 0 aliphatic carbocycles. The number of halogens is 1. The molecule has 0 amide bonds. The fourth-order valence-electron chi connectivity index (χ4n) is 3.24. The maximum absolute atomic E-state index is 5.72. The molecule has 0 aliphatic rings. The molecule has 1 aromatic heterocycles. The van der Waals surface area contributed by atoms with Gasteiger partial charge in [0.2, 0.25) is 0 Å². The maximum Gasteiger partial charge on any atom is 0.191 e. The summed E-state index contributed by atoms with van der Waals surface area (Å²) in [7, 11) is 5.43. The zero-order valence-electron chi connectivity index (χ0n) is 19.2. The molecule has 0 spiro atoms. The summed E-state index contributed by atoms with van der Waals surface area (Å²) in [5.41, 5.74) is 4.67. The van der Waals surface area contributed by atoms with Gasteiger partial charge in [0, 0.05) is 32.4 Å². The highest BCUT2D eigenvalue weighted by Gasteiger charge is 2.14. The van der Waals surface area contributed by atoms with Crippen molar-refractivity contribution in [2.75, 3.05) is 20.8 Å². The van der Waals surface area contributed by atoms with Gasteiger partial charge in [-0.25, -0.2) is 0 Å². The molecular weight excluding hydrogens is 493 g/mol. The van der Waals surface area contributed by atoms with E-state index in [0.717, 1.165) is 41.6 Å². The molecule has 0 bridgehead atoms. The van der Waals surface area contributed by atoms with Crippen molar-refractivity contribution < 1.29 is 9.47 Å². The number of aliphatic imine (C=N–C) groups is 1. The number of aromatic nitrogens is 2. The van der Waals surface area contributed by atoms with Crippen LogP contribution in [-0.2, 0) is 20.0 Å². The van der Waals surface area contributed by atoms with Crippen LogP contribution < -0.4 is 20.1 Å². The number of ether oxygens (including phenoxy) is 2. The summed E-state index contributed by atoms with van der Waals surface area (Å²) >= 11 is 0. The molecule has 7 nitrogen and oxygen atoms in total. The van der Waals surface area contributed by atoms with Gasteiger partial charge in [0.1, 0.15) is 0 Å². The van der Waals surface area contributed by atoms with Gasteiger partial charge in [0.25, 0.3) is 0 Å². The van der Waals surface area contributed by atoms with Crippen molar-refractivity contribution in [1.29, 1.82) is 0 Å². The first-order valence-corrected chi connectivity index (χ1v) is 10.2. The van der Waals surface area contributed by atoms with Crippen LogP contribution >= 0.6 is 24.0 Å². The molecule has 1 aromatic carbocycles. The van der Waals surface area contributed by atoms with Gasteiger partial charge in [-0.15, -0.1) is 24.0 Å². The first-order valence-electron chi connectivity index (χ1n) is 10.2. The molecule has 2 N–H and O–H groups in total. The highest BCUT2D eigenvalue weighted by molar-refractivity contribution is 14.0. The Morgan fingerprint density at radius 1 is 1.27 bits per heavy atom. The lowest BCUT2D eigenvalue weighted by molar-refractivity contribution is 0.294. The number of nitrogens with zero attached hydrogens (tertiary/aromatic N) is 3. The molecule has 1 unspecified atom stereocenters. The summed E-state index contributed by atoms with van der Waals surface area (Å²) in [6.07, 6.45) is 1.86. The summed E-state index contributed by atoms with van der Waals surface area (Å²) in [5.74, 6) is 2.29. The molecular formula is C22H36IN5O2. The Kier molecular flexibility index (Phi) is 11.0. The first-order chi connectivity index (χ1) is 13.9.